The molecule has 3 aromatic heterocycles. The third-order valence-corrected chi connectivity index (χ3v) is 4.65. The molecule has 0 atom stereocenters. The summed E-state index contributed by atoms with van der Waals surface area (Å²) in [4.78, 5) is 29.8. The molecule has 1 aliphatic carbocycles. The molecule has 0 bridgehead atoms. The predicted octanol–water partition coefficient (Wildman–Crippen LogP) is -0.225. The van der Waals surface area contributed by atoms with Crippen LogP contribution in [0.4, 0.5) is 5.95 Å². The van der Waals surface area contributed by atoms with Crippen LogP contribution in [0.1, 0.15) is 24.1 Å². The van der Waals surface area contributed by atoms with Crippen molar-refractivity contribution in [2.24, 2.45) is 4.99 Å². The maximum atomic E-state index is 11.4. The largest absolute Gasteiger partial charge is 0.508 e. The van der Waals surface area contributed by atoms with Crippen molar-refractivity contribution < 1.29 is 10.2 Å². The van der Waals surface area contributed by atoms with E-state index in [9.17, 15) is 15.0 Å². The number of anilines is 1. The van der Waals surface area contributed by atoms with Crippen molar-refractivity contribution in [2.75, 3.05) is 5.32 Å². The maximum Gasteiger partial charge on any atom is 0.326 e. The van der Waals surface area contributed by atoms with Gasteiger partial charge >= 0.3 is 5.69 Å². The zero-order valence-electron chi connectivity index (χ0n) is 15.7. The highest BCUT2D eigenvalue weighted by atomic mass is 16.3. The second-order valence-corrected chi connectivity index (χ2v) is 7.05. The Kier molecular flexibility index (Phi) is 4.20. The molecule has 0 radical (unpaired) electrons. The van der Waals surface area contributed by atoms with Crippen LogP contribution in [0.3, 0.4) is 0 Å². The van der Waals surface area contributed by atoms with Crippen LogP contribution < -0.4 is 21.8 Å². The number of hydrogen-bond acceptors (Lipinski definition) is 8. The number of rotatable bonds is 5. The molecule has 1 aliphatic rings. The van der Waals surface area contributed by atoms with Crippen LogP contribution in [-0.2, 0) is 6.54 Å². The minimum atomic E-state index is -0.509. The molecule has 5 rings (SSSR count). The van der Waals surface area contributed by atoms with Gasteiger partial charge in [-0.3, -0.25) is 4.98 Å². The fourth-order valence-electron chi connectivity index (χ4n) is 2.95. The molecular formula is C19H18N8O3. The number of fused-ring (bicyclic) bond motifs is 1. The lowest BCUT2D eigenvalue weighted by atomic mass is 10.2. The summed E-state index contributed by atoms with van der Waals surface area (Å²) < 4.78 is 1.54. The van der Waals surface area contributed by atoms with Crippen LogP contribution in [0.5, 0.6) is 11.6 Å². The van der Waals surface area contributed by atoms with Crippen LogP contribution in [0.15, 0.2) is 40.2 Å². The Morgan fingerprint density at radius 2 is 2.00 bits per heavy atom. The van der Waals surface area contributed by atoms with E-state index in [0.29, 0.717) is 29.0 Å². The van der Waals surface area contributed by atoms with Gasteiger partial charge in [-0.1, -0.05) is 12.1 Å². The van der Waals surface area contributed by atoms with Crippen LogP contribution in [0.2, 0.25) is 0 Å². The molecule has 152 valence electrons. The summed E-state index contributed by atoms with van der Waals surface area (Å²) in [7, 11) is 0. The van der Waals surface area contributed by atoms with Crippen LogP contribution in [0.25, 0.3) is 11.7 Å². The molecule has 30 heavy (non-hydrogen) atoms. The molecule has 0 spiro atoms. The normalized spacial score (nSPS) is 15.2. The number of phenolic OH excluding ortho intramolecular Hbond substituents is 1. The predicted molar refractivity (Wildman–Crippen MR) is 107 cm³/mol. The van der Waals surface area contributed by atoms with Crippen LogP contribution in [-0.4, -0.2) is 45.8 Å². The molecule has 11 heteroatoms. The van der Waals surface area contributed by atoms with Crippen molar-refractivity contribution in [3.8, 4) is 11.6 Å². The van der Waals surface area contributed by atoms with Gasteiger partial charge in [0, 0.05) is 11.8 Å². The fourth-order valence-corrected chi connectivity index (χ4v) is 2.95. The number of aromatic hydroxyl groups is 2. The molecule has 0 saturated heterocycles. The topological polar surface area (TPSA) is 157 Å². The molecule has 0 aliphatic heterocycles. The van der Waals surface area contributed by atoms with E-state index >= 15 is 0 Å². The zero-order valence-corrected chi connectivity index (χ0v) is 15.7. The average Bonchev–Trinajstić information content (AvgIpc) is 3.36. The minimum absolute atomic E-state index is 0.201. The van der Waals surface area contributed by atoms with E-state index in [2.05, 4.69) is 35.3 Å². The summed E-state index contributed by atoms with van der Waals surface area (Å²) in [5.74, 6) is 0.311. The van der Waals surface area contributed by atoms with Gasteiger partial charge in [-0.15, -0.1) is 0 Å². The van der Waals surface area contributed by atoms with Gasteiger partial charge in [0.15, 0.2) is 5.65 Å². The summed E-state index contributed by atoms with van der Waals surface area (Å²) in [6, 6.07) is 7.07. The summed E-state index contributed by atoms with van der Waals surface area (Å²) in [5, 5.41) is 27.3. The van der Waals surface area contributed by atoms with E-state index in [1.165, 1.54) is 4.52 Å². The minimum Gasteiger partial charge on any atom is -0.508 e. The van der Waals surface area contributed by atoms with Crippen molar-refractivity contribution >= 4 is 17.7 Å². The van der Waals surface area contributed by atoms with Gasteiger partial charge in [-0.25, -0.2) is 9.79 Å². The molecule has 1 fully saturated rings. The number of benzene rings is 1. The summed E-state index contributed by atoms with van der Waals surface area (Å²) in [6.07, 6.45) is 5.18. The molecule has 5 N–H and O–H groups in total. The first-order valence-electron chi connectivity index (χ1n) is 9.39. The number of aromatic nitrogens is 6. The van der Waals surface area contributed by atoms with E-state index < -0.39 is 5.69 Å². The molecule has 0 unspecified atom stereocenters. The fraction of sp³-hybridized carbons (Fsp3) is 0.211. The number of nitrogens with one attached hydrogen (secondary N) is 3. The van der Waals surface area contributed by atoms with Gasteiger partial charge in [-0.05, 0) is 36.6 Å². The van der Waals surface area contributed by atoms with E-state index in [1.54, 1.807) is 36.5 Å². The summed E-state index contributed by atoms with van der Waals surface area (Å²) >= 11 is 0. The van der Waals surface area contributed by atoms with E-state index in [1.807, 2.05) is 0 Å². The Balaban J connectivity index is 1.58. The highest BCUT2D eigenvalue weighted by molar-refractivity contribution is 5.57. The summed E-state index contributed by atoms with van der Waals surface area (Å²) in [5.41, 5.74) is 1.59. The Morgan fingerprint density at radius 3 is 2.70 bits per heavy atom. The lowest BCUT2D eigenvalue weighted by molar-refractivity contribution is 0.454. The smallest absolute Gasteiger partial charge is 0.326 e. The average molecular weight is 406 g/mol. The summed E-state index contributed by atoms with van der Waals surface area (Å²) in [6.45, 7) is 0.457. The number of nitrogens with zero attached hydrogens (tertiary/aromatic N) is 5. The SMILES string of the molecule is O=c1[nH]c(O)c(/C=c2\cnn3c(=NC4CC4)nc(NCc4ccc(O)cc4)nc23)[nH]1. The van der Waals surface area contributed by atoms with E-state index in [0.717, 1.165) is 18.4 Å². The van der Waals surface area contributed by atoms with Gasteiger partial charge in [0.05, 0.1) is 12.2 Å². The molecule has 1 aromatic carbocycles. The van der Waals surface area contributed by atoms with Crippen molar-refractivity contribution in [1.82, 2.24) is 29.5 Å². The third-order valence-electron chi connectivity index (χ3n) is 4.65. The first-order valence-corrected chi connectivity index (χ1v) is 9.39. The lowest BCUT2D eigenvalue weighted by Gasteiger charge is -2.05. The van der Waals surface area contributed by atoms with Crippen molar-refractivity contribution in [3.63, 3.8) is 0 Å². The van der Waals surface area contributed by atoms with Crippen molar-refractivity contribution in [1.29, 1.82) is 0 Å². The second-order valence-electron chi connectivity index (χ2n) is 7.05. The molecule has 11 nitrogen and oxygen atoms in total. The first kappa shape index (κ1) is 17.9. The van der Waals surface area contributed by atoms with Gasteiger partial charge in [-0.2, -0.15) is 19.6 Å². The Bertz CT molecular complexity index is 1400. The lowest BCUT2D eigenvalue weighted by Crippen LogP contribution is -2.24. The quantitative estimate of drug-likeness (QED) is 0.306. The highest BCUT2D eigenvalue weighted by Gasteiger charge is 2.21. The van der Waals surface area contributed by atoms with Crippen molar-refractivity contribution in [2.45, 2.75) is 25.4 Å². The van der Waals surface area contributed by atoms with E-state index in [4.69, 9.17) is 0 Å². The maximum absolute atomic E-state index is 11.4. The van der Waals surface area contributed by atoms with Gasteiger partial charge in [0.25, 0.3) is 5.62 Å². The highest BCUT2D eigenvalue weighted by Crippen LogP contribution is 2.22. The monoisotopic (exact) mass is 406 g/mol. The van der Waals surface area contributed by atoms with Gasteiger partial charge < -0.3 is 20.5 Å². The standard InChI is InChI=1S/C19H18N8O3/c28-13-5-1-10(2-6-13)8-20-17-24-15-11(7-14-16(29)25-19(30)23-14)9-21-27(15)18(26-17)22-12-3-4-12/h1-2,5-7,9,12,28-29H,3-4,8H2,(H,20,22,26)(H2,23,25,30)/b11-7+. The molecular weight excluding hydrogens is 388 g/mol. The second kappa shape index (κ2) is 7.03. The number of hydrogen-bond donors (Lipinski definition) is 5. The number of phenols is 1. The number of imidazole rings is 1. The number of H-pyrrole nitrogens is 2. The van der Waals surface area contributed by atoms with Crippen LogP contribution in [0, 0.1) is 0 Å². The molecule has 3 heterocycles. The zero-order chi connectivity index (χ0) is 20.7. The molecule has 0 amide bonds. The van der Waals surface area contributed by atoms with Gasteiger partial charge in [0.2, 0.25) is 11.8 Å². The third kappa shape index (κ3) is 3.60. The van der Waals surface area contributed by atoms with Crippen LogP contribution >= 0.6 is 0 Å². The Morgan fingerprint density at radius 1 is 1.20 bits per heavy atom. The van der Waals surface area contributed by atoms with E-state index in [-0.39, 0.29) is 23.4 Å². The van der Waals surface area contributed by atoms with Gasteiger partial charge in [0.1, 0.15) is 11.4 Å². The Labute approximate surface area is 168 Å². The molecule has 1 saturated carbocycles. The Hall–Kier alpha value is -4.15. The number of aromatic amines is 2. The molecule has 4 aromatic rings. The first-order chi connectivity index (χ1) is 14.5. The van der Waals surface area contributed by atoms with Crippen molar-refractivity contribution in [3.05, 3.63) is 63.0 Å².